The highest BCUT2D eigenvalue weighted by atomic mass is 32.2. The minimum atomic E-state index is -3.42. The van der Waals surface area contributed by atoms with Crippen LogP contribution in [0.25, 0.3) is 0 Å². The van der Waals surface area contributed by atoms with Crippen molar-refractivity contribution in [3.8, 4) is 0 Å². The third-order valence-corrected chi connectivity index (χ3v) is 5.55. The van der Waals surface area contributed by atoms with Crippen LogP contribution in [0.2, 0.25) is 0 Å². The summed E-state index contributed by atoms with van der Waals surface area (Å²) in [6.07, 6.45) is 2.85. The molecule has 0 radical (unpaired) electrons. The average molecular weight is 288 g/mol. The molecule has 1 aromatic carbocycles. The summed E-state index contributed by atoms with van der Waals surface area (Å²) in [5.41, 5.74) is 6.12. The van der Waals surface area contributed by atoms with Gasteiger partial charge in [-0.2, -0.15) is 16.1 Å². The number of nitrogens with zero attached hydrogens (tertiary/aromatic N) is 1. The van der Waals surface area contributed by atoms with E-state index in [-0.39, 0.29) is 10.9 Å². The number of rotatable bonds is 6. The molecule has 0 bridgehead atoms. The molecule has 0 amide bonds. The summed E-state index contributed by atoms with van der Waals surface area (Å²) < 4.78 is 26.1. The zero-order valence-corrected chi connectivity index (χ0v) is 12.6. The summed E-state index contributed by atoms with van der Waals surface area (Å²) in [6, 6.07) is 6.28. The standard InChI is InChI=1S/C12H20N2O2S2/c1-10(8-9-17-3)14(2)18(15,16)12-6-4-11(13)5-7-12/h4-7,10H,8-9,13H2,1-3H3. The summed E-state index contributed by atoms with van der Waals surface area (Å²) >= 11 is 1.72. The third kappa shape index (κ3) is 3.63. The van der Waals surface area contributed by atoms with Crippen molar-refractivity contribution in [2.75, 3.05) is 24.8 Å². The van der Waals surface area contributed by atoms with E-state index in [4.69, 9.17) is 5.73 Å². The number of thioether (sulfide) groups is 1. The number of hydrogen-bond acceptors (Lipinski definition) is 4. The van der Waals surface area contributed by atoms with Crippen LogP contribution in [0, 0.1) is 0 Å². The molecule has 1 atom stereocenters. The second-order valence-electron chi connectivity index (χ2n) is 4.22. The van der Waals surface area contributed by atoms with E-state index in [1.165, 1.54) is 4.31 Å². The SMILES string of the molecule is CSCCC(C)N(C)S(=O)(=O)c1ccc(N)cc1. The van der Waals surface area contributed by atoms with Crippen LogP contribution >= 0.6 is 11.8 Å². The lowest BCUT2D eigenvalue weighted by molar-refractivity contribution is 0.382. The van der Waals surface area contributed by atoms with Crippen molar-refractivity contribution in [1.82, 2.24) is 4.31 Å². The molecule has 4 nitrogen and oxygen atoms in total. The summed E-state index contributed by atoms with van der Waals surface area (Å²) in [6.45, 7) is 1.92. The first-order valence-corrected chi connectivity index (χ1v) is 8.55. The van der Waals surface area contributed by atoms with Gasteiger partial charge in [-0.25, -0.2) is 8.42 Å². The molecule has 0 fully saturated rings. The van der Waals surface area contributed by atoms with Gasteiger partial charge in [0.15, 0.2) is 0 Å². The first-order chi connectivity index (χ1) is 8.39. The van der Waals surface area contributed by atoms with E-state index < -0.39 is 10.0 Å². The Morgan fingerprint density at radius 3 is 2.39 bits per heavy atom. The molecular formula is C12H20N2O2S2. The zero-order chi connectivity index (χ0) is 13.8. The van der Waals surface area contributed by atoms with Crippen LogP contribution < -0.4 is 5.73 Å². The molecule has 0 saturated heterocycles. The number of nitrogen functional groups attached to an aromatic ring is 1. The largest absolute Gasteiger partial charge is 0.399 e. The molecule has 2 N–H and O–H groups in total. The lowest BCUT2D eigenvalue weighted by Gasteiger charge is -2.24. The summed E-state index contributed by atoms with van der Waals surface area (Å²) in [7, 11) is -1.80. The Hall–Kier alpha value is -0.720. The Kier molecular flexibility index (Phi) is 5.49. The number of hydrogen-bond donors (Lipinski definition) is 1. The van der Waals surface area contributed by atoms with Gasteiger partial charge in [-0.1, -0.05) is 0 Å². The van der Waals surface area contributed by atoms with Crippen molar-refractivity contribution in [3.63, 3.8) is 0 Å². The van der Waals surface area contributed by atoms with Crippen molar-refractivity contribution in [2.24, 2.45) is 0 Å². The molecule has 0 aromatic heterocycles. The van der Waals surface area contributed by atoms with Crippen LogP contribution in [0.4, 0.5) is 5.69 Å². The molecule has 102 valence electrons. The van der Waals surface area contributed by atoms with Crippen LogP contribution in [-0.2, 0) is 10.0 Å². The molecule has 0 spiro atoms. The maximum atomic E-state index is 12.3. The van der Waals surface area contributed by atoms with Crippen molar-refractivity contribution in [1.29, 1.82) is 0 Å². The smallest absolute Gasteiger partial charge is 0.243 e. The molecule has 1 unspecified atom stereocenters. The predicted molar refractivity (Wildman–Crippen MR) is 78.3 cm³/mol. The second-order valence-corrected chi connectivity index (χ2v) is 7.20. The van der Waals surface area contributed by atoms with E-state index in [2.05, 4.69) is 0 Å². The lowest BCUT2D eigenvalue weighted by atomic mass is 10.3. The fraction of sp³-hybridized carbons (Fsp3) is 0.500. The van der Waals surface area contributed by atoms with Crippen molar-refractivity contribution in [3.05, 3.63) is 24.3 Å². The van der Waals surface area contributed by atoms with Gasteiger partial charge in [-0.05, 0) is 49.6 Å². The van der Waals surface area contributed by atoms with Gasteiger partial charge in [0.05, 0.1) is 4.90 Å². The van der Waals surface area contributed by atoms with Crippen LogP contribution in [0.1, 0.15) is 13.3 Å². The predicted octanol–water partition coefficient (Wildman–Crippen LogP) is 2.03. The van der Waals surface area contributed by atoms with E-state index in [1.54, 1.807) is 43.1 Å². The average Bonchev–Trinajstić information content (AvgIpc) is 2.35. The monoisotopic (exact) mass is 288 g/mol. The Labute approximate surface area is 114 Å². The number of anilines is 1. The van der Waals surface area contributed by atoms with Crippen molar-refractivity contribution in [2.45, 2.75) is 24.3 Å². The Balaban J connectivity index is 2.89. The van der Waals surface area contributed by atoms with Gasteiger partial charge in [-0.3, -0.25) is 0 Å². The second kappa shape index (κ2) is 6.45. The molecule has 0 heterocycles. The van der Waals surface area contributed by atoms with E-state index in [9.17, 15) is 8.42 Å². The minimum Gasteiger partial charge on any atom is -0.399 e. The summed E-state index contributed by atoms with van der Waals surface area (Å²) in [5, 5.41) is 0. The van der Waals surface area contributed by atoms with Gasteiger partial charge in [0, 0.05) is 18.8 Å². The summed E-state index contributed by atoms with van der Waals surface area (Å²) in [5.74, 6) is 0.947. The molecule has 0 aliphatic rings. The maximum Gasteiger partial charge on any atom is 0.243 e. The Morgan fingerprint density at radius 2 is 1.89 bits per heavy atom. The molecule has 1 aromatic rings. The van der Waals surface area contributed by atoms with Crippen LogP contribution in [-0.4, -0.2) is 37.8 Å². The quantitative estimate of drug-likeness (QED) is 0.814. The highest BCUT2D eigenvalue weighted by molar-refractivity contribution is 7.98. The van der Waals surface area contributed by atoms with Crippen LogP contribution in [0.15, 0.2) is 29.2 Å². The number of sulfonamides is 1. The van der Waals surface area contributed by atoms with Gasteiger partial charge >= 0.3 is 0 Å². The topological polar surface area (TPSA) is 63.4 Å². The van der Waals surface area contributed by atoms with E-state index in [0.717, 1.165) is 12.2 Å². The van der Waals surface area contributed by atoms with Gasteiger partial charge in [0.2, 0.25) is 10.0 Å². The number of nitrogens with two attached hydrogens (primary N) is 1. The highest BCUT2D eigenvalue weighted by Gasteiger charge is 2.24. The molecule has 0 aliphatic carbocycles. The number of benzene rings is 1. The van der Waals surface area contributed by atoms with Gasteiger partial charge in [-0.15, -0.1) is 0 Å². The van der Waals surface area contributed by atoms with E-state index >= 15 is 0 Å². The molecule has 6 heteroatoms. The third-order valence-electron chi connectivity index (χ3n) is 2.92. The highest BCUT2D eigenvalue weighted by Crippen LogP contribution is 2.19. The molecule has 18 heavy (non-hydrogen) atoms. The Morgan fingerprint density at radius 1 is 1.33 bits per heavy atom. The molecule has 0 aliphatic heterocycles. The fourth-order valence-corrected chi connectivity index (χ4v) is 3.48. The first kappa shape index (κ1) is 15.3. The van der Waals surface area contributed by atoms with Crippen molar-refractivity contribution >= 4 is 27.5 Å². The molecular weight excluding hydrogens is 268 g/mol. The van der Waals surface area contributed by atoms with Gasteiger partial charge in [0.1, 0.15) is 0 Å². The molecule has 1 rings (SSSR count). The van der Waals surface area contributed by atoms with E-state index in [0.29, 0.717) is 5.69 Å². The zero-order valence-electron chi connectivity index (χ0n) is 11.0. The Bertz CT molecular complexity index is 471. The summed E-state index contributed by atoms with van der Waals surface area (Å²) in [4.78, 5) is 0.287. The molecule has 0 saturated carbocycles. The maximum absolute atomic E-state index is 12.3. The van der Waals surface area contributed by atoms with Crippen LogP contribution in [0.5, 0.6) is 0 Å². The normalized spacial score (nSPS) is 13.8. The van der Waals surface area contributed by atoms with Gasteiger partial charge in [0.25, 0.3) is 0 Å². The first-order valence-electron chi connectivity index (χ1n) is 5.72. The van der Waals surface area contributed by atoms with Crippen LogP contribution in [0.3, 0.4) is 0 Å². The fourth-order valence-electron chi connectivity index (χ4n) is 1.51. The van der Waals surface area contributed by atoms with E-state index in [1.807, 2.05) is 13.2 Å². The van der Waals surface area contributed by atoms with Gasteiger partial charge < -0.3 is 5.73 Å². The van der Waals surface area contributed by atoms with Crippen molar-refractivity contribution < 1.29 is 8.42 Å². The lowest BCUT2D eigenvalue weighted by Crippen LogP contribution is -2.35. The minimum absolute atomic E-state index is 0.0139.